The van der Waals surface area contributed by atoms with Gasteiger partial charge in [0.05, 0.1) is 11.9 Å². The van der Waals surface area contributed by atoms with Crippen LogP contribution in [0.15, 0.2) is 31.0 Å². The van der Waals surface area contributed by atoms with E-state index in [-0.39, 0.29) is 0 Å². The molecular formula is C14H17N5. The quantitative estimate of drug-likeness (QED) is 0.779. The maximum absolute atomic E-state index is 4.45. The van der Waals surface area contributed by atoms with Crippen LogP contribution in [0.4, 0.5) is 0 Å². The largest absolute Gasteiger partial charge is 0.346 e. The Morgan fingerprint density at radius 1 is 1.37 bits per heavy atom. The van der Waals surface area contributed by atoms with Gasteiger partial charge in [-0.1, -0.05) is 13.3 Å². The Labute approximate surface area is 111 Å². The molecule has 5 heteroatoms. The zero-order valence-electron chi connectivity index (χ0n) is 11.2. The van der Waals surface area contributed by atoms with Gasteiger partial charge in [-0.05, 0) is 19.4 Å². The third kappa shape index (κ3) is 2.12. The fourth-order valence-electron chi connectivity index (χ4n) is 2.35. The summed E-state index contributed by atoms with van der Waals surface area (Å²) in [4.78, 5) is 11.7. The van der Waals surface area contributed by atoms with Crippen LogP contribution in [0.2, 0.25) is 0 Å². The second-order valence-electron chi connectivity index (χ2n) is 4.81. The third-order valence-electron chi connectivity index (χ3n) is 3.39. The summed E-state index contributed by atoms with van der Waals surface area (Å²) >= 11 is 0. The first-order valence-electron chi connectivity index (χ1n) is 6.62. The lowest BCUT2D eigenvalue weighted by molar-refractivity contribution is 0.455. The zero-order chi connectivity index (χ0) is 13.2. The molecule has 0 amide bonds. The van der Waals surface area contributed by atoms with E-state index >= 15 is 0 Å². The van der Waals surface area contributed by atoms with Gasteiger partial charge >= 0.3 is 0 Å². The van der Waals surface area contributed by atoms with Crippen molar-refractivity contribution in [2.45, 2.75) is 32.7 Å². The SMILES string of the molecule is CCC[C@H](C)n1cc(-c2ncnc3[nH]ccc23)cn1. The van der Waals surface area contributed by atoms with Crippen LogP contribution in [-0.2, 0) is 0 Å². The van der Waals surface area contributed by atoms with Crippen molar-refractivity contribution in [2.75, 3.05) is 0 Å². The number of H-pyrrole nitrogens is 1. The van der Waals surface area contributed by atoms with Gasteiger partial charge in [0.25, 0.3) is 0 Å². The van der Waals surface area contributed by atoms with Gasteiger partial charge in [0, 0.05) is 29.4 Å². The van der Waals surface area contributed by atoms with Crippen molar-refractivity contribution in [1.82, 2.24) is 24.7 Å². The van der Waals surface area contributed by atoms with Crippen molar-refractivity contribution in [3.8, 4) is 11.3 Å². The van der Waals surface area contributed by atoms with E-state index in [1.54, 1.807) is 6.33 Å². The molecule has 0 fully saturated rings. The summed E-state index contributed by atoms with van der Waals surface area (Å²) < 4.78 is 2.01. The molecule has 0 saturated heterocycles. The fourth-order valence-corrected chi connectivity index (χ4v) is 2.35. The summed E-state index contributed by atoms with van der Waals surface area (Å²) in [6.07, 6.45) is 9.69. The van der Waals surface area contributed by atoms with E-state index in [1.807, 2.05) is 23.1 Å². The molecular weight excluding hydrogens is 238 g/mol. The highest BCUT2D eigenvalue weighted by molar-refractivity contribution is 5.89. The van der Waals surface area contributed by atoms with E-state index in [4.69, 9.17) is 0 Å². The lowest BCUT2D eigenvalue weighted by Gasteiger charge is -2.09. The molecule has 1 N–H and O–H groups in total. The van der Waals surface area contributed by atoms with Crippen LogP contribution in [0.1, 0.15) is 32.7 Å². The number of hydrogen-bond donors (Lipinski definition) is 1. The second-order valence-corrected chi connectivity index (χ2v) is 4.81. The molecule has 3 rings (SSSR count). The van der Waals surface area contributed by atoms with E-state index < -0.39 is 0 Å². The van der Waals surface area contributed by atoms with Gasteiger partial charge in [-0.2, -0.15) is 5.10 Å². The highest BCUT2D eigenvalue weighted by atomic mass is 15.3. The molecule has 3 aromatic heterocycles. The number of aromatic amines is 1. The molecule has 3 heterocycles. The Balaban J connectivity index is 2.00. The second kappa shape index (κ2) is 4.84. The lowest BCUT2D eigenvalue weighted by atomic mass is 10.2. The van der Waals surface area contributed by atoms with Gasteiger partial charge in [0.1, 0.15) is 12.0 Å². The Hall–Kier alpha value is -2.17. The Kier molecular flexibility index (Phi) is 3.03. The van der Waals surface area contributed by atoms with Gasteiger partial charge in [0.2, 0.25) is 0 Å². The molecule has 1 atom stereocenters. The summed E-state index contributed by atoms with van der Waals surface area (Å²) in [6, 6.07) is 2.42. The summed E-state index contributed by atoms with van der Waals surface area (Å²) in [5.41, 5.74) is 2.83. The first-order chi connectivity index (χ1) is 9.29. The summed E-state index contributed by atoms with van der Waals surface area (Å²) in [5.74, 6) is 0. The standard InChI is InChI=1S/C14H17N5/c1-3-4-10(2)19-8-11(7-18-19)13-12-5-6-15-14(12)17-9-16-13/h5-10H,3-4H2,1-2H3,(H,15,16,17)/t10-/m0/s1. The molecule has 98 valence electrons. The van der Waals surface area contributed by atoms with E-state index in [9.17, 15) is 0 Å². The van der Waals surface area contributed by atoms with E-state index in [0.717, 1.165) is 35.1 Å². The molecule has 0 aliphatic rings. The highest BCUT2D eigenvalue weighted by Crippen LogP contribution is 2.25. The van der Waals surface area contributed by atoms with Crippen LogP contribution in [0.3, 0.4) is 0 Å². The van der Waals surface area contributed by atoms with Gasteiger partial charge in [0.15, 0.2) is 0 Å². The average Bonchev–Trinajstić information content (AvgIpc) is 3.07. The molecule has 3 aromatic rings. The number of fused-ring (bicyclic) bond motifs is 1. The van der Waals surface area contributed by atoms with Crippen LogP contribution < -0.4 is 0 Å². The number of nitrogens with one attached hydrogen (secondary N) is 1. The first kappa shape index (κ1) is 11.9. The van der Waals surface area contributed by atoms with E-state index in [1.165, 1.54) is 0 Å². The minimum Gasteiger partial charge on any atom is -0.346 e. The monoisotopic (exact) mass is 255 g/mol. The topological polar surface area (TPSA) is 59.4 Å². The van der Waals surface area contributed by atoms with E-state index in [2.05, 4.69) is 40.1 Å². The maximum atomic E-state index is 4.45. The Bertz CT molecular complexity index is 682. The van der Waals surface area contributed by atoms with Gasteiger partial charge < -0.3 is 4.98 Å². The van der Waals surface area contributed by atoms with Gasteiger partial charge in [-0.25, -0.2) is 9.97 Å². The van der Waals surface area contributed by atoms with Crippen LogP contribution in [0, 0.1) is 0 Å². The minimum atomic E-state index is 0.419. The summed E-state index contributed by atoms with van der Waals surface area (Å²) in [5, 5.41) is 5.48. The molecule has 0 saturated carbocycles. The number of nitrogens with zero attached hydrogens (tertiary/aromatic N) is 4. The lowest BCUT2D eigenvalue weighted by Crippen LogP contribution is -2.04. The minimum absolute atomic E-state index is 0.419. The Morgan fingerprint density at radius 2 is 2.26 bits per heavy atom. The predicted octanol–water partition coefficient (Wildman–Crippen LogP) is 3.18. The number of aromatic nitrogens is 5. The maximum Gasteiger partial charge on any atom is 0.141 e. The summed E-state index contributed by atoms with van der Waals surface area (Å²) in [6.45, 7) is 4.38. The van der Waals surface area contributed by atoms with Crippen molar-refractivity contribution >= 4 is 11.0 Å². The number of hydrogen-bond acceptors (Lipinski definition) is 3. The Morgan fingerprint density at radius 3 is 3.11 bits per heavy atom. The normalized spacial score (nSPS) is 12.9. The molecule has 0 unspecified atom stereocenters. The molecule has 5 nitrogen and oxygen atoms in total. The van der Waals surface area contributed by atoms with Crippen LogP contribution in [0.25, 0.3) is 22.3 Å². The van der Waals surface area contributed by atoms with Crippen molar-refractivity contribution in [2.24, 2.45) is 0 Å². The van der Waals surface area contributed by atoms with Gasteiger partial charge in [-0.15, -0.1) is 0 Å². The van der Waals surface area contributed by atoms with Crippen molar-refractivity contribution < 1.29 is 0 Å². The molecule has 0 spiro atoms. The highest BCUT2D eigenvalue weighted by Gasteiger charge is 2.11. The number of rotatable bonds is 4. The fraction of sp³-hybridized carbons (Fsp3) is 0.357. The molecule has 0 radical (unpaired) electrons. The molecule has 0 bridgehead atoms. The van der Waals surface area contributed by atoms with Crippen molar-refractivity contribution in [3.63, 3.8) is 0 Å². The van der Waals surface area contributed by atoms with Crippen molar-refractivity contribution in [1.29, 1.82) is 0 Å². The van der Waals surface area contributed by atoms with Crippen LogP contribution >= 0.6 is 0 Å². The third-order valence-corrected chi connectivity index (χ3v) is 3.39. The van der Waals surface area contributed by atoms with Crippen LogP contribution in [0.5, 0.6) is 0 Å². The molecule has 0 aromatic carbocycles. The zero-order valence-corrected chi connectivity index (χ0v) is 11.2. The van der Waals surface area contributed by atoms with E-state index in [0.29, 0.717) is 6.04 Å². The predicted molar refractivity (Wildman–Crippen MR) is 74.7 cm³/mol. The molecule has 19 heavy (non-hydrogen) atoms. The summed E-state index contributed by atoms with van der Waals surface area (Å²) in [7, 11) is 0. The molecule has 0 aliphatic heterocycles. The molecule has 0 aliphatic carbocycles. The van der Waals surface area contributed by atoms with Crippen molar-refractivity contribution in [3.05, 3.63) is 31.0 Å². The first-order valence-corrected chi connectivity index (χ1v) is 6.62. The smallest absolute Gasteiger partial charge is 0.141 e. The van der Waals surface area contributed by atoms with Gasteiger partial charge in [-0.3, -0.25) is 4.68 Å². The van der Waals surface area contributed by atoms with Crippen LogP contribution in [-0.4, -0.2) is 24.7 Å². The average molecular weight is 255 g/mol.